The predicted octanol–water partition coefficient (Wildman–Crippen LogP) is 18.8. The van der Waals surface area contributed by atoms with Crippen LogP contribution in [-0.4, -0.2) is 49.7 Å². The van der Waals surface area contributed by atoms with Crippen LogP contribution in [0.1, 0.15) is 204 Å². The highest BCUT2D eigenvalue weighted by atomic mass is 16.6. The summed E-state index contributed by atoms with van der Waals surface area (Å²) in [7, 11) is 0. The fourth-order valence-electron chi connectivity index (χ4n) is 11.7. The minimum Gasteiger partial charge on any atom is -0.324 e. The van der Waals surface area contributed by atoms with Crippen molar-refractivity contribution < 1.29 is 9.85 Å². The van der Waals surface area contributed by atoms with E-state index in [2.05, 4.69) is 232 Å². The van der Waals surface area contributed by atoms with Gasteiger partial charge in [0.15, 0.2) is 23.3 Å². The normalized spacial score (nSPS) is 13.5. The predicted molar refractivity (Wildman–Crippen MR) is 364 cm³/mol. The number of rotatable bonds is 8. The molecule has 14 nitrogen and oxygen atoms in total. The molecule has 0 unspecified atom stereocenters. The molecule has 0 saturated heterocycles. The molecule has 0 aliphatic carbocycles. The first-order valence-corrected chi connectivity index (χ1v) is 30.8. The summed E-state index contributed by atoms with van der Waals surface area (Å²) in [5, 5.41) is 27.3. The van der Waals surface area contributed by atoms with Crippen LogP contribution in [0, 0.1) is 20.2 Å². The van der Waals surface area contributed by atoms with E-state index in [4.69, 9.17) is 29.9 Å². The maximum absolute atomic E-state index is 13.6. The van der Waals surface area contributed by atoms with E-state index in [1.807, 2.05) is 48.5 Å². The summed E-state index contributed by atoms with van der Waals surface area (Å²) in [6.07, 6.45) is 0. The minimum absolute atomic E-state index is 0.0323. The largest absolute Gasteiger partial charge is 0.392 e. The molecular weight excluding hydrogens is 1120 g/mol. The first-order chi connectivity index (χ1) is 42.0. The van der Waals surface area contributed by atoms with Crippen LogP contribution in [0.3, 0.4) is 0 Å². The number of aromatic nitrogens is 8. The van der Waals surface area contributed by atoms with E-state index in [1.54, 1.807) is 0 Å². The van der Waals surface area contributed by atoms with Crippen LogP contribution >= 0.6 is 0 Å². The Balaban J connectivity index is 1.39. The van der Waals surface area contributed by atoms with Gasteiger partial charge in [0, 0.05) is 33.4 Å². The van der Waals surface area contributed by atoms with Gasteiger partial charge in [0.2, 0.25) is 11.3 Å². The van der Waals surface area contributed by atoms with Crippen LogP contribution in [0.15, 0.2) is 146 Å². The standard InChI is InChI=1S/C76H80N10O4/c1-71(2,3)49-31-19-43(20-32-49)55-56(44-21-33-50(34-22-44)72(4,5)6)64-77-63(55)78-65-57(45-23-35-51(36-24-45)73(7,8)9)59(47-27-39-53(40-28-47)75(13,14)15)67(80-65)82-69-61(85(87)88)62(86(89)90)70(84-69)83-68-60(48-29-41-54(42-30-48)76(16,17)18)58(66(79-64)81-68)46-25-37-52(38-26-46)74(10,11)12/h19-42H,1-18H3,(H2,77,78,79,80,81,82,83,84). The topological polar surface area (TPSA) is 195 Å². The zero-order chi connectivity index (χ0) is 64.9. The fourth-order valence-corrected chi connectivity index (χ4v) is 11.7. The van der Waals surface area contributed by atoms with Gasteiger partial charge in [0.05, 0.1) is 9.85 Å². The molecule has 8 bridgehead atoms. The molecule has 0 amide bonds. The Bertz CT molecular complexity index is 4280. The fraction of sp³-hybridized carbons (Fsp3) is 0.316. The number of nitrogens with zero attached hydrogens (tertiary/aromatic N) is 8. The second-order valence-corrected chi connectivity index (χ2v) is 30.0. The first kappa shape index (κ1) is 62.1. The number of fused-ring (bicyclic) bond motifs is 8. The monoisotopic (exact) mass is 1200 g/mol. The molecule has 14 heteroatoms. The zero-order valence-electron chi connectivity index (χ0n) is 55.1. The Morgan fingerprint density at radius 1 is 0.267 bits per heavy atom. The lowest BCUT2D eigenvalue weighted by molar-refractivity contribution is -0.419. The van der Waals surface area contributed by atoms with Crippen molar-refractivity contribution >= 4 is 56.3 Å². The van der Waals surface area contributed by atoms with E-state index in [1.165, 1.54) is 0 Å². The van der Waals surface area contributed by atoms with Crippen molar-refractivity contribution in [1.82, 2.24) is 39.9 Å². The molecule has 5 heterocycles. The number of H-pyrrole nitrogens is 2. The number of hydrogen-bond donors (Lipinski definition) is 2. The van der Waals surface area contributed by atoms with Crippen LogP contribution in [0.5, 0.6) is 0 Å². The number of hydrogen-bond acceptors (Lipinski definition) is 10. The van der Waals surface area contributed by atoms with E-state index >= 15 is 0 Å². The summed E-state index contributed by atoms with van der Waals surface area (Å²) in [5.41, 5.74) is 11.9. The van der Waals surface area contributed by atoms with E-state index in [-0.39, 0.29) is 55.8 Å². The molecule has 3 aromatic heterocycles. The van der Waals surface area contributed by atoms with Crippen molar-refractivity contribution in [3.8, 4) is 22.3 Å². The summed E-state index contributed by atoms with van der Waals surface area (Å²) in [4.78, 5) is 64.6. The van der Waals surface area contributed by atoms with Crippen LogP contribution < -0.4 is 0 Å². The van der Waals surface area contributed by atoms with Crippen molar-refractivity contribution in [3.05, 3.63) is 245 Å². The van der Waals surface area contributed by atoms with Gasteiger partial charge in [-0.1, -0.05) is 270 Å². The van der Waals surface area contributed by atoms with Gasteiger partial charge in [0.1, 0.15) is 11.3 Å². The molecule has 90 heavy (non-hydrogen) atoms. The summed E-state index contributed by atoms with van der Waals surface area (Å²) < 4.78 is 0. The lowest BCUT2D eigenvalue weighted by atomic mass is 9.84. The Morgan fingerprint density at radius 3 is 0.633 bits per heavy atom. The van der Waals surface area contributed by atoms with Gasteiger partial charge in [-0.25, -0.2) is 29.9 Å². The maximum Gasteiger partial charge on any atom is 0.392 e. The number of aromatic amines is 2. The molecular formula is C76H80N10O4. The van der Waals surface area contributed by atoms with E-state index in [0.29, 0.717) is 44.7 Å². The van der Waals surface area contributed by atoms with Crippen molar-refractivity contribution in [1.29, 1.82) is 0 Å². The van der Waals surface area contributed by atoms with E-state index in [9.17, 15) is 20.2 Å². The molecule has 0 radical (unpaired) electrons. The highest BCUT2D eigenvalue weighted by molar-refractivity contribution is 6.07. The summed E-state index contributed by atoms with van der Waals surface area (Å²) in [5.74, 6) is 0.532. The molecule has 0 atom stereocenters. The Labute approximate surface area is 527 Å². The third-order valence-electron chi connectivity index (χ3n) is 17.2. The highest BCUT2D eigenvalue weighted by Crippen LogP contribution is 2.46. The van der Waals surface area contributed by atoms with Gasteiger partial charge in [-0.2, -0.15) is 0 Å². The van der Waals surface area contributed by atoms with Crippen molar-refractivity contribution in [2.24, 2.45) is 0 Å². The lowest BCUT2D eigenvalue weighted by Crippen LogP contribution is -2.11. The molecule has 2 N–H and O–H groups in total. The average Bonchev–Trinajstić information content (AvgIpc) is 1.59. The van der Waals surface area contributed by atoms with Crippen LogP contribution in [0.25, 0.3) is 67.1 Å². The van der Waals surface area contributed by atoms with Crippen LogP contribution in [0.4, 0.5) is 11.4 Å². The average molecular weight is 1200 g/mol. The Kier molecular flexibility index (Phi) is 15.3. The molecule has 2 aliphatic heterocycles. The van der Waals surface area contributed by atoms with Crippen molar-refractivity contribution in [2.45, 2.75) is 157 Å². The summed E-state index contributed by atoms with van der Waals surface area (Å²) in [6, 6.07) is 49.9. The Morgan fingerprint density at radius 2 is 0.444 bits per heavy atom. The second-order valence-electron chi connectivity index (χ2n) is 30.0. The third kappa shape index (κ3) is 11.9. The number of benzene rings is 6. The summed E-state index contributed by atoms with van der Waals surface area (Å²) in [6.45, 7) is 39.0. The van der Waals surface area contributed by atoms with Crippen LogP contribution in [0.2, 0.25) is 0 Å². The van der Waals surface area contributed by atoms with Gasteiger partial charge in [0.25, 0.3) is 0 Å². The van der Waals surface area contributed by atoms with Gasteiger partial charge in [-0.05, 0) is 99.3 Å². The van der Waals surface area contributed by atoms with E-state index in [0.717, 1.165) is 66.8 Å². The molecule has 9 aromatic rings. The molecule has 458 valence electrons. The Hall–Kier alpha value is -9.56. The van der Waals surface area contributed by atoms with Gasteiger partial charge >= 0.3 is 11.4 Å². The van der Waals surface area contributed by atoms with Gasteiger partial charge in [-0.3, -0.25) is 20.2 Å². The lowest BCUT2D eigenvalue weighted by Gasteiger charge is -2.20. The minimum atomic E-state index is -0.892. The number of nitrogens with one attached hydrogen (secondary N) is 2. The summed E-state index contributed by atoms with van der Waals surface area (Å²) >= 11 is 0. The van der Waals surface area contributed by atoms with Crippen molar-refractivity contribution in [3.63, 3.8) is 0 Å². The molecule has 11 rings (SSSR count). The van der Waals surface area contributed by atoms with E-state index < -0.39 is 32.5 Å². The van der Waals surface area contributed by atoms with Crippen LogP contribution in [-0.2, 0) is 32.5 Å². The van der Waals surface area contributed by atoms with Gasteiger partial charge < -0.3 is 9.97 Å². The smallest absolute Gasteiger partial charge is 0.324 e. The molecule has 0 spiro atoms. The zero-order valence-corrected chi connectivity index (χ0v) is 55.1. The highest BCUT2D eigenvalue weighted by Gasteiger charge is 2.37. The molecule has 0 saturated carbocycles. The second kappa shape index (κ2) is 22.2. The molecule has 6 aromatic carbocycles. The molecule has 0 fully saturated rings. The van der Waals surface area contributed by atoms with Crippen molar-refractivity contribution in [2.75, 3.05) is 0 Å². The maximum atomic E-state index is 13.6. The third-order valence-corrected chi connectivity index (χ3v) is 17.2. The molecule has 2 aliphatic rings. The number of nitro groups is 2. The first-order valence-electron chi connectivity index (χ1n) is 30.8. The van der Waals surface area contributed by atoms with Gasteiger partial charge in [-0.15, -0.1) is 0 Å². The quantitative estimate of drug-likeness (QED) is 0.109. The SMILES string of the molecule is CC(C)(C)c1ccc(C2=C(c3ccc(C(C)(C)C)cc3)c3nc2nc2[nH]c(nc4nc(nc5[nH]c(n3)c([N+](=O)[O-])c5[N+](=O)[O-])C(c3ccc(C(C)(C)C)cc3)=C4c3ccc(C(C)(C)C)cc3)c(-c3ccc(C(C)(C)C)cc3)c2-c2ccc(C(C)(C)C)cc2)cc1.